The Hall–Kier alpha value is -2.73. The number of pyridine rings is 2. The van der Waals surface area contributed by atoms with Crippen LogP contribution in [-0.4, -0.2) is 43.5 Å². The summed E-state index contributed by atoms with van der Waals surface area (Å²) in [6.07, 6.45) is 6.30. The molecule has 0 bridgehead atoms. The van der Waals surface area contributed by atoms with Crippen molar-refractivity contribution in [3.8, 4) is 34.0 Å². The second kappa shape index (κ2) is 8.74. The molecule has 2 aromatic heterocycles. The van der Waals surface area contributed by atoms with E-state index in [1.807, 2.05) is 36.5 Å². The molecule has 0 atom stereocenters. The van der Waals surface area contributed by atoms with E-state index in [9.17, 15) is 0 Å². The minimum Gasteiger partial charge on any atom is -0.493 e. The molecule has 3 heterocycles. The topological polar surface area (TPSA) is 47.5 Å². The van der Waals surface area contributed by atoms with Gasteiger partial charge in [0, 0.05) is 29.7 Å². The van der Waals surface area contributed by atoms with E-state index in [0.717, 1.165) is 52.9 Å². The molecule has 6 heteroatoms. The highest BCUT2D eigenvalue weighted by Gasteiger charge is 2.23. The molecule has 1 saturated heterocycles. The predicted molar refractivity (Wildman–Crippen MR) is 119 cm³/mol. The molecule has 5 nitrogen and oxygen atoms in total. The number of ether oxygens (including phenoxy) is 2. The van der Waals surface area contributed by atoms with Crippen LogP contribution in [-0.2, 0) is 0 Å². The van der Waals surface area contributed by atoms with Crippen LogP contribution in [0.3, 0.4) is 0 Å². The Labute approximate surface area is 176 Å². The lowest BCUT2D eigenvalue weighted by Gasteiger charge is -2.23. The number of methoxy groups -OCH3 is 2. The van der Waals surface area contributed by atoms with Crippen LogP contribution in [0.25, 0.3) is 22.5 Å². The van der Waals surface area contributed by atoms with Gasteiger partial charge >= 0.3 is 0 Å². The van der Waals surface area contributed by atoms with Gasteiger partial charge in [-0.05, 0) is 55.0 Å². The maximum Gasteiger partial charge on any atom is 0.161 e. The SMILES string of the molecule is COc1ccc(-c2c(SC)cc(-c3ccccn3)nc2N2CCCC2)cc1OC. The van der Waals surface area contributed by atoms with Gasteiger partial charge in [-0.3, -0.25) is 4.98 Å². The second-order valence-electron chi connectivity index (χ2n) is 6.89. The zero-order valence-corrected chi connectivity index (χ0v) is 17.8. The quantitative estimate of drug-likeness (QED) is 0.527. The maximum atomic E-state index is 5.55. The molecule has 1 fully saturated rings. The van der Waals surface area contributed by atoms with Gasteiger partial charge in [0.1, 0.15) is 5.82 Å². The van der Waals surface area contributed by atoms with Crippen LogP contribution in [0.15, 0.2) is 53.6 Å². The summed E-state index contributed by atoms with van der Waals surface area (Å²) < 4.78 is 11.0. The van der Waals surface area contributed by atoms with Crippen molar-refractivity contribution in [3.63, 3.8) is 0 Å². The average Bonchev–Trinajstić information content (AvgIpc) is 3.33. The Bertz CT molecular complexity index is 989. The number of aromatic nitrogens is 2. The van der Waals surface area contributed by atoms with E-state index in [1.165, 1.54) is 17.7 Å². The zero-order valence-electron chi connectivity index (χ0n) is 17.0. The first-order valence-corrected chi connectivity index (χ1v) is 11.0. The van der Waals surface area contributed by atoms with Crippen LogP contribution in [0.2, 0.25) is 0 Å². The first kappa shape index (κ1) is 19.6. The monoisotopic (exact) mass is 407 g/mol. The number of thioether (sulfide) groups is 1. The van der Waals surface area contributed by atoms with Gasteiger partial charge in [-0.25, -0.2) is 4.98 Å². The summed E-state index contributed by atoms with van der Waals surface area (Å²) >= 11 is 1.73. The highest BCUT2D eigenvalue weighted by atomic mass is 32.2. The number of benzene rings is 1. The lowest BCUT2D eigenvalue weighted by Crippen LogP contribution is -2.20. The molecule has 1 aromatic carbocycles. The third-order valence-electron chi connectivity index (χ3n) is 5.19. The Morgan fingerprint density at radius 2 is 1.72 bits per heavy atom. The number of nitrogens with zero attached hydrogens (tertiary/aromatic N) is 3. The van der Waals surface area contributed by atoms with Gasteiger partial charge < -0.3 is 14.4 Å². The van der Waals surface area contributed by atoms with Crippen molar-refractivity contribution in [2.75, 3.05) is 38.5 Å². The molecule has 0 amide bonds. The van der Waals surface area contributed by atoms with Crippen LogP contribution < -0.4 is 14.4 Å². The van der Waals surface area contributed by atoms with E-state index in [0.29, 0.717) is 0 Å². The van der Waals surface area contributed by atoms with Crippen LogP contribution in [0.5, 0.6) is 11.5 Å². The largest absolute Gasteiger partial charge is 0.493 e. The number of hydrogen-bond acceptors (Lipinski definition) is 6. The molecule has 0 unspecified atom stereocenters. The fraction of sp³-hybridized carbons (Fsp3) is 0.304. The Kier molecular flexibility index (Phi) is 5.90. The van der Waals surface area contributed by atoms with Crippen LogP contribution in [0.1, 0.15) is 12.8 Å². The first-order chi connectivity index (χ1) is 14.2. The van der Waals surface area contributed by atoms with E-state index in [1.54, 1.807) is 26.0 Å². The Morgan fingerprint density at radius 3 is 2.38 bits per heavy atom. The molecule has 1 aliphatic heterocycles. The maximum absolute atomic E-state index is 5.55. The molecule has 1 aliphatic rings. The third kappa shape index (κ3) is 3.90. The zero-order chi connectivity index (χ0) is 20.2. The molecule has 0 spiro atoms. The summed E-state index contributed by atoms with van der Waals surface area (Å²) in [5, 5.41) is 0. The van der Waals surface area contributed by atoms with Gasteiger partial charge in [0.05, 0.1) is 25.6 Å². The van der Waals surface area contributed by atoms with Crippen molar-refractivity contribution in [3.05, 3.63) is 48.7 Å². The standard InChI is InChI=1S/C23H25N3O2S/c1-27-19-10-9-16(14-20(19)28-2)22-21(29-3)15-18(17-8-4-5-11-24-17)25-23(22)26-12-6-7-13-26/h4-5,8-11,14-15H,6-7,12-13H2,1-3H3. The average molecular weight is 408 g/mol. The summed E-state index contributed by atoms with van der Waals surface area (Å²) in [5.41, 5.74) is 4.01. The van der Waals surface area contributed by atoms with E-state index in [4.69, 9.17) is 14.5 Å². The summed E-state index contributed by atoms with van der Waals surface area (Å²) in [6.45, 7) is 2.04. The molecule has 0 N–H and O–H groups in total. The predicted octanol–water partition coefficient (Wildman–Crippen LogP) is 5.15. The van der Waals surface area contributed by atoms with E-state index >= 15 is 0 Å². The molecule has 3 aromatic rings. The van der Waals surface area contributed by atoms with Crippen molar-refractivity contribution < 1.29 is 9.47 Å². The van der Waals surface area contributed by atoms with Gasteiger partial charge in [0.2, 0.25) is 0 Å². The normalized spacial score (nSPS) is 13.6. The van der Waals surface area contributed by atoms with Crippen LogP contribution in [0, 0.1) is 0 Å². The lowest BCUT2D eigenvalue weighted by molar-refractivity contribution is 0.355. The highest BCUT2D eigenvalue weighted by molar-refractivity contribution is 7.98. The number of hydrogen-bond donors (Lipinski definition) is 0. The lowest BCUT2D eigenvalue weighted by atomic mass is 10.0. The molecule has 4 rings (SSSR count). The minimum absolute atomic E-state index is 0.721. The van der Waals surface area contributed by atoms with E-state index < -0.39 is 0 Å². The van der Waals surface area contributed by atoms with Gasteiger partial charge in [0.25, 0.3) is 0 Å². The highest BCUT2D eigenvalue weighted by Crippen LogP contribution is 2.43. The third-order valence-corrected chi connectivity index (χ3v) is 5.95. The summed E-state index contributed by atoms with van der Waals surface area (Å²) in [4.78, 5) is 13.2. The Balaban J connectivity index is 1.92. The molecular formula is C23H25N3O2S. The molecule has 150 valence electrons. The summed E-state index contributed by atoms with van der Waals surface area (Å²) in [5.74, 6) is 2.46. The molecule has 29 heavy (non-hydrogen) atoms. The minimum atomic E-state index is 0.721. The van der Waals surface area contributed by atoms with Gasteiger partial charge in [-0.15, -0.1) is 11.8 Å². The van der Waals surface area contributed by atoms with Gasteiger partial charge in [0.15, 0.2) is 11.5 Å². The van der Waals surface area contributed by atoms with Crippen molar-refractivity contribution in [2.24, 2.45) is 0 Å². The summed E-state index contributed by atoms with van der Waals surface area (Å²) in [6, 6.07) is 14.2. The number of anilines is 1. The first-order valence-electron chi connectivity index (χ1n) is 9.73. The molecule has 0 radical (unpaired) electrons. The van der Waals surface area contributed by atoms with Crippen LogP contribution in [0.4, 0.5) is 5.82 Å². The summed E-state index contributed by atoms with van der Waals surface area (Å²) in [7, 11) is 3.32. The van der Waals surface area contributed by atoms with Gasteiger partial charge in [-0.2, -0.15) is 0 Å². The second-order valence-corrected chi connectivity index (χ2v) is 7.74. The molecule has 0 saturated carbocycles. The van der Waals surface area contributed by atoms with E-state index in [-0.39, 0.29) is 0 Å². The molecule has 0 aliphatic carbocycles. The smallest absolute Gasteiger partial charge is 0.161 e. The van der Waals surface area contributed by atoms with E-state index in [2.05, 4.69) is 28.3 Å². The number of rotatable bonds is 6. The van der Waals surface area contributed by atoms with Gasteiger partial charge in [-0.1, -0.05) is 12.1 Å². The van der Waals surface area contributed by atoms with Crippen molar-refractivity contribution in [1.82, 2.24) is 9.97 Å². The molecular weight excluding hydrogens is 382 g/mol. The van der Waals surface area contributed by atoms with Crippen molar-refractivity contribution in [2.45, 2.75) is 17.7 Å². The van der Waals surface area contributed by atoms with Crippen molar-refractivity contribution in [1.29, 1.82) is 0 Å². The van der Waals surface area contributed by atoms with Crippen molar-refractivity contribution >= 4 is 17.6 Å². The fourth-order valence-electron chi connectivity index (χ4n) is 3.74. The fourth-order valence-corrected chi connectivity index (χ4v) is 4.38. The Morgan fingerprint density at radius 1 is 0.931 bits per heavy atom. The van der Waals surface area contributed by atoms with Crippen LogP contribution >= 0.6 is 11.8 Å².